The van der Waals surface area contributed by atoms with Gasteiger partial charge in [-0.2, -0.15) is 0 Å². The van der Waals surface area contributed by atoms with Gasteiger partial charge in [0.2, 0.25) is 5.91 Å². The number of nitrogens with one attached hydrogen (secondary N) is 3. The first-order chi connectivity index (χ1) is 15.1. The Labute approximate surface area is 182 Å². The zero-order valence-electron chi connectivity index (χ0n) is 18.0. The van der Waals surface area contributed by atoms with Gasteiger partial charge in [-0.25, -0.2) is 0 Å². The molecule has 0 saturated carbocycles. The molecule has 0 saturated heterocycles. The summed E-state index contributed by atoms with van der Waals surface area (Å²) in [6, 6.07) is 8.74. The molecule has 31 heavy (non-hydrogen) atoms. The van der Waals surface area contributed by atoms with Crippen molar-refractivity contribution in [2.24, 2.45) is 5.73 Å². The monoisotopic (exact) mass is 425 g/mol. The van der Waals surface area contributed by atoms with E-state index in [4.69, 9.17) is 5.73 Å². The summed E-state index contributed by atoms with van der Waals surface area (Å²) in [5, 5.41) is 10.8. The van der Waals surface area contributed by atoms with Crippen molar-refractivity contribution in [1.29, 1.82) is 0 Å². The molecule has 1 aliphatic heterocycles. The first kappa shape index (κ1) is 22.9. The van der Waals surface area contributed by atoms with Crippen LogP contribution in [0.4, 0.5) is 5.69 Å². The van der Waals surface area contributed by atoms with Gasteiger partial charge < -0.3 is 21.7 Å². The number of carbonyl (C=O) groups excluding carboxylic acids is 3. The predicted octanol–water partition coefficient (Wildman–Crippen LogP) is 1.70. The second-order valence-electron chi connectivity index (χ2n) is 7.65. The molecule has 1 heterocycles. The summed E-state index contributed by atoms with van der Waals surface area (Å²) in [6.45, 7) is 5.98. The Morgan fingerprint density at radius 2 is 1.68 bits per heavy atom. The highest BCUT2D eigenvalue weighted by Crippen LogP contribution is 2.32. The van der Waals surface area contributed by atoms with Gasteiger partial charge in [0.25, 0.3) is 11.8 Å². The first-order valence-corrected chi connectivity index (χ1v) is 10.9. The number of nitrogens with two attached hydrogens (primary N) is 1. The highest BCUT2D eigenvalue weighted by Gasteiger charge is 2.32. The van der Waals surface area contributed by atoms with Crippen LogP contribution in [-0.4, -0.2) is 61.9 Å². The Bertz CT molecular complexity index is 960. The normalized spacial score (nSPS) is 13.2. The van der Waals surface area contributed by atoms with Crippen LogP contribution in [0, 0.1) is 0 Å². The number of nitrogens with zero attached hydrogens (tertiary/aromatic N) is 1. The van der Waals surface area contributed by atoms with E-state index in [0.717, 1.165) is 44.4 Å². The minimum atomic E-state index is -0.338. The summed E-state index contributed by atoms with van der Waals surface area (Å²) in [7, 11) is 0. The number of benzene rings is 2. The van der Waals surface area contributed by atoms with E-state index in [2.05, 4.69) is 22.9 Å². The molecule has 8 heteroatoms. The lowest BCUT2D eigenvalue weighted by Gasteiger charge is -2.27. The summed E-state index contributed by atoms with van der Waals surface area (Å²) in [6.07, 6.45) is 2.84. The van der Waals surface area contributed by atoms with Crippen molar-refractivity contribution >= 4 is 34.2 Å². The van der Waals surface area contributed by atoms with E-state index in [1.807, 2.05) is 6.07 Å². The molecular weight excluding hydrogens is 394 g/mol. The van der Waals surface area contributed by atoms with Gasteiger partial charge in [-0.15, -0.1) is 0 Å². The molecule has 0 aliphatic carbocycles. The lowest BCUT2D eigenvalue weighted by molar-refractivity contribution is -0.114. The molecule has 0 bridgehead atoms. The topological polar surface area (TPSA) is 117 Å². The van der Waals surface area contributed by atoms with Crippen LogP contribution in [0.5, 0.6) is 0 Å². The van der Waals surface area contributed by atoms with Crippen molar-refractivity contribution in [1.82, 2.24) is 15.5 Å². The van der Waals surface area contributed by atoms with E-state index in [0.29, 0.717) is 35.2 Å². The first-order valence-electron chi connectivity index (χ1n) is 10.9. The number of hydrogen-bond donors (Lipinski definition) is 4. The third-order valence-corrected chi connectivity index (χ3v) is 5.27. The molecule has 2 aromatic carbocycles. The Morgan fingerprint density at radius 3 is 2.42 bits per heavy atom. The fourth-order valence-corrected chi connectivity index (χ4v) is 3.77. The average molecular weight is 426 g/mol. The quantitative estimate of drug-likeness (QED) is 0.304. The van der Waals surface area contributed by atoms with Crippen molar-refractivity contribution < 1.29 is 14.4 Å². The zero-order chi connectivity index (χ0) is 22.2. The Kier molecular flexibility index (Phi) is 8.11. The van der Waals surface area contributed by atoms with Crippen molar-refractivity contribution in [3.05, 3.63) is 41.5 Å². The molecule has 3 rings (SSSR count). The van der Waals surface area contributed by atoms with Crippen LogP contribution in [0.1, 0.15) is 46.9 Å². The van der Waals surface area contributed by atoms with Crippen LogP contribution in [0.2, 0.25) is 0 Å². The van der Waals surface area contributed by atoms with E-state index < -0.39 is 0 Å². The summed E-state index contributed by atoms with van der Waals surface area (Å²) in [4.78, 5) is 39.1. The molecular formula is C23H31N5O3. The third kappa shape index (κ3) is 5.46. The maximum absolute atomic E-state index is 13.1. The van der Waals surface area contributed by atoms with Crippen molar-refractivity contribution in [2.75, 3.05) is 44.6 Å². The molecule has 0 radical (unpaired) electrons. The maximum atomic E-state index is 13.1. The number of anilines is 1. The second kappa shape index (κ2) is 11.0. The van der Waals surface area contributed by atoms with Crippen LogP contribution >= 0.6 is 0 Å². The minimum Gasteiger partial charge on any atom is -0.325 e. The van der Waals surface area contributed by atoms with E-state index in [1.165, 1.54) is 4.90 Å². The van der Waals surface area contributed by atoms with Crippen LogP contribution in [-0.2, 0) is 4.79 Å². The molecule has 166 valence electrons. The van der Waals surface area contributed by atoms with Gasteiger partial charge in [0.05, 0.1) is 12.1 Å². The zero-order valence-corrected chi connectivity index (χ0v) is 18.0. The average Bonchev–Trinajstić information content (AvgIpc) is 2.77. The summed E-state index contributed by atoms with van der Waals surface area (Å²) in [5.74, 6) is -0.943. The van der Waals surface area contributed by atoms with Gasteiger partial charge in [-0.1, -0.05) is 19.1 Å². The molecule has 3 amide bonds. The molecule has 1 aliphatic rings. The Hall–Kier alpha value is -2.81. The van der Waals surface area contributed by atoms with Crippen LogP contribution < -0.4 is 21.7 Å². The highest BCUT2D eigenvalue weighted by atomic mass is 16.2. The fourth-order valence-electron chi connectivity index (χ4n) is 3.77. The van der Waals surface area contributed by atoms with Crippen LogP contribution in [0.25, 0.3) is 10.8 Å². The van der Waals surface area contributed by atoms with Crippen molar-refractivity contribution in [3.8, 4) is 0 Å². The lowest BCUT2D eigenvalue weighted by Crippen LogP contribution is -2.41. The number of hydrogen-bond acceptors (Lipinski definition) is 6. The summed E-state index contributed by atoms with van der Waals surface area (Å²) < 4.78 is 0. The SMILES string of the molecule is CCCNCCCNCCCN1C(=O)c2cccc3cc(NC(=O)CN)cc(c23)C1=O. The highest BCUT2D eigenvalue weighted by molar-refractivity contribution is 6.26. The van der Waals surface area contributed by atoms with Crippen LogP contribution in [0.15, 0.2) is 30.3 Å². The molecule has 0 unspecified atom stereocenters. The molecule has 0 spiro atoms. The number of carbonyl (C=O) groups is 3. The fraction of sp³-hybridized carbons (Fsp3) is 0.435. The van der Waals surface area contributed by atoms with Gasteiger partial charge in [-0.05, 0) is 69.0 Å². The van der Waals surface area contributed by atoms with Gasteiger partial charge in [0.1, 0.15) is 0 Å². The molecule has 0 atom stereocenters. The van der Waals surface area contributed by atoms with Gasteiger partial charge in [0, 0.05) is 23.2 Å². The summed E-state index contributed by atoms with van der Waals surface area (Å²) in [5.41, 5.74) is 6.82. The van der Waals surface area contributed by atoms with Gasteiger partial charge in [-0.3, -0.25) is 19.3 Å². The molecule has 5 N–H and O–H groups in total. The number of imide groups is 1. The maximum Gasteiger partial charge on any atom is 0.261 e. The third-order valence-electron chi connectivity index (χ3n) is 5.27. The lowest BCUT2D eigenvalue weighted by atomic mass is 9.93. The summed E-state index contributed by atoms with van der Waals surface area (Å²) >= 11 is 0. The smallest absolute Gasteiger partial charge is 0.261 e. The van der Waals surface area contributed by atoms with Crippen molar-refractivity contribution in [2.45, 2.75) is 26.2 Å². The van der Waals surface area contributed by atoms with Gasteiger partial charge >= 0.3 is 0 Å². The molecule has 2 aromatic rings. The largest absolute Gasteiger partial charge is 0.325 e. The number of rotatable bonds is 12. The standard InChI is InChI=1S/C23H31N5O3/c1-2-8-25-9-4-10-26-11-5-12-28-22(30)18-7-3-6-16-13-17(27-20(29)15-24)14-19(21(16)18)23(28)31/h3,6-7,13-14,25-26H,2,4-5,8-12,15,24H2,1H3,(H,27,29). The molecule has 0 fully saturated rings. The van der Waals surface area contributed by atoms with E-state index >= 15 is 0 Å². The molecule has 0 aromatic heterocycles. The number of amides is 3. The molecule has 8 nitrogen and oxygen atoms in total. The Morgan fingerprint density at radius 1 is 0.968 bits per heavy atom. The van der Waals surface area contributed by atoms with Gasteiger partial charge in [0.15, 0.2) is 0 Å². The Balaban J connectivity index is 1.65. The van der Waals surface area contributed by atoms with Crippen molar-refractivity contribution in [3.63, 3.8) is 0 Å². The van der Waals surface area contributed by atoms with Crippen LogP contribution in [0.3, 0.4) is 0 Å². The van der Waals surface area contributed by atoms with E-state index in [1.54, 1.807) is 24.3 Å². The second-order valence-corrected chi connectivity index (χ2v) is 7.65. The predicted molar refractivity (Wildman–Crippen MR) is 122 cm³/mol. The minimum absolute atomic E-state index is 0.145. The van der Waals surface area contributed by atoms with E-state index in [-0.39, 0.29) is 24.3 Å². The van der Waals surface area contributed by atoms with E-state index in [9.17, 15) is 14.4 Å².